The molecule has 1 amide bonds. The zero-order valence-corrected chi connectivity index (χ0v) is 14.6. The molecule has 108 valence electrons. The van der Waals surface area contributed by atoms with Gasteiger partial charge in [0.05, 0.1) is 33.6 Å². The molecule has 0 saturated heterocycles. The zero-order chi connectivity index (χ0) is 14.9. The molecule has 6 nitrogen and oxygen atoms in total. The Labute approximate surface area is 133 Å². The number of halogens is 2. The maximum atomic E-state index is 12.4. The molecule has 0 unspecified atom stereocenters. The summed E-state index contributed by atoms with van der Waals surface area (Å²) in [6, 6.07) is 0. The molecule has 2 rings (SSSR count). The Morgan fingerprint density at radius 1 is 1.35 bits per heavy atom. The number of nitrogens with one attached hydrogen (secondary N) is 1. The second-order valence-corrected chi connectivity index (χ2v) is 6.68. The average molecular weight is 405 g/mol. The molecule has 0 fully saturated rings. The van der Waals surface area contributed by atoms with Gasteiger partial charge in [0.15, 0.2) is 0 Å². The lowest BCUT2D eigenvalue weighted by molar-refractivity contribution is -0.129. The van der Waals surface area contributed by atoms with E-state index in [1.807, 2.05) is 20.9 Å². The monoisotopic (exact) mass is 403 g/mol. The molecule has 0 aliphatic carbocycles. The van der Waals surface area contributed by atoms with Crippen molar-refractivity contribution in [2.75, 3.05) is 0 Å². The number of carbonyl (C=O) groups is 1. The quantitative estimate of drug-likeness (QED) is 0.849. The molecule has 2 aromatic heterocycles. The number of hydrogen-bond donors (Lipinski definition) is 1. The highest BCUT2D eigenvalue weighted by Crippen LogP contribution is 2.19. The molecule has 8 heteroatoms. The van der Waals surface area contributed by atoms with Crippen molar-refractivity contribution in [2.45, 2.75) is 25.9 Å². The number of carbonyl (C=O) groups excluding carboxylic acids is 1. The largest absolute Gasteiger partial charge is 0.348 e. The summed E-state index contributed by atoms with van der Waals surface area (Å²) in [6.07, 6.45) is 5.14. The molecular formula is C12H15Br2N5O. The summed E-state index contributed by atoms with van der Waals surface area (Å²) in [5, 5.41) is 11.2. The van der Waals surface area contributed by atoms with Crippen molar-refractivity contribution in [2.24, 2.45) is 7.05 Å². The molecule has 1 N–H and O–H groups in total. The van der Waals surface area contributed by atoms with E-state index in [1.54, 1.807) is 28.0 Å². The van der Waals surface area contributed by atoms with Crippen LogP contribution >= 0.6 is 31.9 Å². The molecule has 0 bridgehead atoms. The summed E-state index contributed by atoms with van der Waals surface area (Å²) < 4.78 is 5.07. The van der Waals surface area contributed by atoms with E-state index in [2.05, 4.69) is 47.4 Å². The van der Waals surface area contributed by atoms with Crippen LogP contribution in [-0.2, 0) is 23.9 Å². The Bertz CT molecular complexity index is 612. The molecule has 0 saturated carbocycles. The van der Waals surface area contributed by atoms with Crippen molar-refractivity contribution < 1.29 is 4.79 Å². The first-order chi connectivity index (χ1) is 9.32. The summed E-state index contributed by atoms with van der Waals surface area (Å²) >= 11 is 6.74. The van der Waals surface area contributed by atoms with Gasteiger partial charge in [0.2, 0.25) is 5.91 Å². The first-order valence-corrected chi connectivity index (χ1v) is 7.56. The van der Waals surface area contributed by atoms with Gasteiger partial charge in [-0.2, -0.15) is 10.2 Å². The summed E-state index contributed by atoms with van der Waals surface area (Å²) in [7, 11) is 1.84. The smallest absolute Gasteiger partial charge is 0.247 e. The molecule has 0 atom stereocenters. The molecular weight excluding hydrogens is 390 g/mol. The van der Waals surface area contributed by atoms with Gasteiger partial charge in [-0.15, -0.1) is 0 Å². The molecule has 0 aliphatic heterocycles. The number of hydrogen-bond acceptors (Lipinski definition) is 3. The molecule has 0 aromatic carbocycles. The molecule has 0 aliphatic rings. The standard InChI is InChI=1S/C12H15Br2N5O/c1-12(2,19-7-8(13)4-17-19)11(20)15-6-10-9(14)5-16-18(10)3/h4-5,7H,6H2,1-3H3,(H,15,20). The van der Waals surface area contributed by atoms with Gasteiger partial charge in [0.25, 0.3) is 0 Å². The number of amides is 1. The summed E-state index contributed by atoms with van der Waals surface area (Å²) in [5.41, 5.74) is 0.146. The SMILES string of the molecule is Cn1ncc(Br)c1CNC(=O)C(C)(C)n1cc(Br)cn1. The fraction of sp³-hybridized carbons (Fsp3) is 0.417. The summed E-state index contributed by atoms with van der Waals surface area (Å²) in [6.45, 7) is 4.04. The van der Waals surface area contributed by atoms with E-state index in [9.17, 15) is 4.79 Å². The Kier molecular flexibility index (Phi) is 4.33. The topological polar surface area (TPSA) is 64.7 Å². The van der Waals surface area contributed by atoms with Gasteiger partial charge in [0.1, 0.15) is 5.54 Å². The van der Waals surface area contributed by atoms with Crippen LogP contribution in [-0.4, -0.2) is 25.5 Å². The minimum Gasteiger partial charge on any atom is -0.348 e. The third kappa shape index (κ3) is 2.95. The molecule has 0 spiro atoms. The number of aryl methyl sites for hydroxylation is 1. The van der Waals surface area contributed by atoms with Crippen molar-refractivity contribution in [3.8, 4) is 0 Å². The minimum absolute atomic E-state index is 0.110. The van der Waals surface area contributed by atoms with Gasteiger partial charge < -0.3 is 5.32 Å². The third-order valence-corrected chi connectivity index (χ3v) is 4.18. The van der Waals surface area contributed by atoms with Crippen LogP contribution in [0.25, 0.3) is 0 Å². The number of rotatable bonds is 4. The third-order valence-electron chi connectivity index (χ3n) is 3.11. The predicted molar refractivity (Wildman–Crippen MR) is 82.0 cm³/mol. The van der Waals surface area contributed by atoms with Crippen LogP contribution in [0.2, 0.25) is 0 Å². The molecule has 20 heavy (non-hydrogen) atoms. The highest BCUT2D eigenvalue weighted by molar-refractivity contribution is 9.10. The van der Waals surface area contributed by atoms with E-state index in [0.29, 0.717) is 6.54 Å². The second-order valence-electron chi connectivity index (χ2n) is 4.91. The first kappa shape index (κ1) is 15.2. The van der Waals surface area contributed by atoms with Gasteiger partial charge in [0, 0.05) is 13.2 Å². The zero-order valence-electron chi connectivity index (χ0n) is 11.4. The van der Waals surface area contributed by atoms with Gasteiger partial charge in [-0.05, 0) is 45.7 Å². The van der Waals surface area contributed by atoms with E-state index >= 15 is 0 Å². The van der Waals surface area contributed by atoms with E-state index < -0.39 is 5.54 Å². The maximum absolute atomic E-state index is 12.4. The van der Waals surface area contributed by atoms with Crippen molar-refractivity contribution in [3.05, 3.63) is 33.2 Å². The molecule has 2 aromatic rings. The van der Waals surface area contributed by atoms with Crippen molar-refractivity contribution >= 4 is 37.8 Å². The summed E-state index contributed by atoms with van der Waals surface area (Å²) in [5.74, 6) is -0.110. The van der Waals surface area contributed by atoms with Gasteiger partial charge in [-0.3, -0.25) is 14.2 Å². The van der Waals surface area contributed by atoms with Crippen LogP contribution < -0.4 is 5.32 Å². The minimum atomic E-state index is -0.767. The summed E-state index contributed by atoms with van der Waals surface area (Å²) in [4.78, 5) is 12.4. The van der Waals surface area contributed by atoms with Crippen LogP contribution in [0.3, 0.4) is 0 Å². The van der Waals surface area contributed by atoms with Crippen LogP contribution in [0.1, 0.15) is 19.5 Å². The lowest BCUT2D eigenvalue weighted by atomic mass is 10.1. The fourth-order valence-corrected chi connectivity index (χ4v) is 2.50. The Morgan fingerprint density at radius 2 is 2.05 bits per heavy atom. The van der Waals surface area contributed by atoms with Crippen molar-refractivity contribution in [3.63, 3.8) is 0 Å². The predicted octanol–water partition coefficient (Wildman–Crippen LogP) is 2.19. The van der Waals surface area contributed by atoms with Crippen LogP contribution in [0.15, 0.2) is 27.5 Å². The Morgan fingerprint density at radius 3 is 2.55 bits per heavy atom. The van der Waals surface area contributed by atoms with Crippen LogP contribution in [0, 0.1) is 0 Å². The molecule has 2 heterocycles. The van der Waals surface area contributed by atoms with Crippen molar-refractivity contribution in [1.82, 2.24) is 24.9 Å². The normalized spacial score (nSPS) is 11.7. The van der Waals surface area contributed by atoms with Crippen molar-refractivity contribution in [1.29, 1.82) is 0 Å². The van der Waals surface area contributed by atoms with Gasteiger partial charge in [-0.25, -0.2) is 0 Å². The lowest BCUT2D eigenvalue weighted by Gasteiger charge is -2.24. The van der Waals surface area contributed by atoms with E-state index in [-0.39, 0.29) is 5.91 Å². The van der Waals surface area contributed by atoms with Crippen LogP contribution in [0.5, 0.6) is 0 Å². The second kappa shape index (κ2) is 5.69. The molecule has 0 radical (unpaired) electrons. The maximum Gasteiger partial charge on any atom is 0.247 e. The van der Waals surface area contributed by atoms with E-state index in [4.69, 9.17) is 0 Å². The number of nitrogens with zero attached hydrogens (tertiary/aromatic N) is 4. The highest BCUT2D eigenvalue weighted by Gasteiger charge is 2.30. The fourth-order valence-electron chi connectivity index (χ4n) is 1.73. The Balaban J connectivity index is 2.08. The highest BCUT2D eigenvalue weighted by atomic mass is 79.9. The van der Waals surface area contributed by atoms with Gasteiger partial charge >= 0.3 is 0 Å². The Hall–Kier alpha value is -1.15. The van der Waals surface area contributed by atoms with Crippen LogP contribution in [0.4, 0.5) is 0 Å². The van der Waals surface area contributed by atoms with E-state index in [0.717, 1.165) is 14.6 Å². The average Bonchev–Trinajstić information content (AvgIpc) is 2.95. The number of aromatic nitrogens is 4. The van der Waals surface area contributed by atoms with Gasteiger partial charge in [-0.1, -0.05) is 0 Å². The van der Waals surface area contributed by atoms with E-state index in [1.165, 1.54) is 0 Å². The first-order valence-electron chi connectivity index (χ1n) is 5.97. The lowest BCUT2D eigenvalue weighted by Crippen LogP contribution is -2.44.